The van der Waals surface area contributed by atoms with Crippen molar-refractivity contribution >= 4 is 35.0 Å². The number of halogens is 1. The van der Waals surface area contributed by atoms with Crippen LogP contribution in [0.4, 0.5) is 5.69 Å². The highest BCUT2D eigenvalue weighted by Crippen LogP contribution is 2.56. The molecule has 1 spiro atoms. The zero-order valence-electron chi connectivity index (χ0n) is 24.0. The zero-order chi connectivity index (χ0) is 28.3. The quantitative estimate of drug-likeness (QED) is 0.475. The van der Waals surface area contributed by atoms with Crippen molar-refractivity contribution in [3.63, 3.8) is 0 Å². The second kappa shape index (κ2) is 10.5. The van der Waals surface area contributed by atoms with Crippen LogP contribution in [0.1, 0.15) is 71.3 Å². The fourth-order valence-electron chi connectivity index (χ4n) is 8.22. The Morgan fingerprint density at radius 2 is 1.77 bits per heavy atom. The lowest BCUT2D eigenvalue weighted by Gasteiger charge is -2.42. The number of rotatable bonds is 5. The smallest absolute Gasteiger partial charge is 0.246 e. The number of benzene rings is 1. The Kier molecular flexibility index (Phi) is 7.27. The van der Waals surface area contributed by atoms with Crippen LogP contribution in [0.2, 0.25) is 5.02 Å². The number of anilines is 1. The number of aryl methyl sites for hydroxylation is 1. The fourth-order valence-corrected chi connectivity index (χ4v) is 8.40. The van der Waals surface area contributed by atoms with E-state index in [1.54, 1.807) is 6.07 Å². The van der Waals surface area contributed by atoms with E-state index in [1.165, 1.54) is 6.42 Å². The summed E-state index contributed by atoms with van der Waals surface area (Å²) in [7, 11) is 0. The van der Waals surface area contributed by atoms with E-state index in [0.29, 0.717) is 22.5 Å². The Hall–Kier alpha value is -2.38. The highest BCUT2D eigenvalue weighted by molar-refractivity contribution is 6.31. The number of amides is 3. The van der Waals surface area contributed by atoms with Gasteiger partial charge >= 0.3 is 0 Å². The molecule has 0 unspecified atom stereocenters. The number of hydrogen-bond donors (Lipinski definition) is 2. The number of ether oxygens (including phenoxy) is 1. The van der Waals surface area contributed by atoms with Crippen LogP contribution in [0.5, 0.6) is 0 Å². The lowest BCUT2D eigenvalue weighted by atomic mass is 9.73. The Bertz CT molecular complexity index is 1230. The third-order valence-corrected chi connectivity index (χ3v) is 11.2. The molecule has 2 bridgehead atoms. The number of likely N-dealkylation sites (tertiary alicyclic amines) is 1. The van der Waals surface area contributed by atoms with Crippen molar-refractivity contribution in [1.82, 2.24) is 10.2 Å². The summed E-state index contributed by atoms with van der Waals surface area (Å²) in [6.45, 7) is 8.56. The molecule has 5 aliphatic rings. The van der Waals surface area contributed by atoms with Gasteiger partial charge in [0.05, 0.1) is 17.9 Å². The molecule has 1 aromatic rings. The molecule has 7 nitrogen and oxygen atoms in total. The first-order valence-electron chi connectivity index (χ1n) is 15.2. The molecule has 0 radical (unpaired) electrons. The van der Waals surface area contributed by atoms with Crippen molar-refractivity contribution in [1.29, 1.82) is 0 Å². The third-order valence-electron chi connectivity index (χ3n) is 10.8. The van der Waals surface area contributed by atoms with Crippen molar-refractivity contribution < 1.29 is 19.1 Å². The van der Waals surface area contributed by atoms with Crippen LogP contribution in [-0.2, 0) is 19.1 Å². The molecule has 6 rings (SSSR count). The summed E-state index contributed by atoms with van der Waals surface area (Å²) in [5.74, 6) is -0.828. The number of hydrogen-bond acceptors (Lipinski definition) is 4. The van der Waals surface area contributed by atoms with E-state index in [0.717, 1.165) is 44.1 Å². The summed E-state index contributed by atoms with van der Waals surface area (Å²) < 4.78 is 6.57. The Labute approximate surface area is 242 Å². The second-order valence-corrected chi connectivity index (χ2v) is 13.5. The zero-order valence-corrected chi connectivity index (χ0v) is 24.7. The molecule has 40 heavy (non-hydrogen) atoms. The molecule has 3 amide bonds. The molecular weight excluding hydrogens is 526 g/mol. The Morgan fingerprint density at radius 3 is 2.52 bits per heavy atom. The van der Waals surface area contributed by atoms with E-state index < -0.39 is 29.6 Å². The summed E-state index contributed by atoms with van der Waals surface area (Å²) in [5, 5.41) is 6.92. The molecule has 2 saturated carbocycles. The number of nitrogens with one attached hydrogen (secondary N) is 2. The first-order chi connectivity index (χ1) is 19.1. The Balaban J connectivity index is 1.33. The number of nitrogens with zero attached hydrogens (tertiary/aromatic N) is 1. The molecule has 216 valence electrons. The summed E-state index contributed by atoms with van der Waals surface area (Å²) in [4.78, 5) is 44.3. The molecule has 4 fully saturated rings. The van der Waals surface area contributed by atoms with E-state index in [2.05, 4.69) is 31.4 Å². The fraction of sp³-hybridized carbons (Fsp3) is 0.656. The maximum Gasteiger partial charge on any atom is 0.246 e. The van der Waals surface area contributed by atoms with Gasteiger partial charge in [0.15, 0.2) is 0 Å². The minimum absolute atomic E-state index is 0.0460. The largest absolute Gasteiger partial charge is 0.359 e. The van der Waals surface area contributed by atoms with Gasteiger partial charge in [0.1, 0.15) is 11.6 Å². The van der Waals surface area contributed by atoms with Gasteiger partial charge in [0, 0.05) is 22.8 Å². The summed E-state index contributed by atoms with van der Waals surface area (Å²) in [5.41, 5.74) is 0.363. The molecule has 1 aromatic carbocycles. The first-order valence-corrected chi connectivity index (χ1v) is 15.6. The summed E-state index contributed by atoms with van der Waals surface area (Å²) in [6.07, 6.45) is 10.5. The van der Waals surface area contributed by atoms with Crippen molar-refractivity contribution in [3.05, 3.63) is 40.9 Å². The van der Waals surface area contributed by atoms with E-state index in [9.17, 15) is 14.4 Å². The monoisotopic (exact) mass is 567 g/mol. The lowest BCUT2D eigenvalue weighted by molar-refractivity contribution is -0.146. The van der Waals surface area contributed by atoms with E-state index in [-0.39, 0.29) is 35.7 Å². The normalized spacial score (nSPS) is 40.3. The maximum atomic E-state index is 14.4. The van der Waals surface area contributed by atoms with Gasteiger partial charge in [0.2, 0.25) is 17.7 Å². The number of carbonyl (C=O) groups is 3. The SMILES string of the molecule is Cc1ccc(NC(=O)[C@@H]2[C@@H]3C=C[C@]4(O3)[C@@H]2C(=O)N([C@H]2CCCC[C@@H]2C)[C@H]4C(=O)N[C@@H]2CCC[C@H](C)[C@@H]2C)cc1Cl. The second-order valence-electron chi connectivity index (χ2n) is 13.1. The Morgan fingerprint density at radius 1 is 1.02 bits per heavy atom. The minimum Gasteiger partial charge on any atom is -0.359 e. The van der Waals surface area contributed by atoms with Crippen molar-refractivity contribution in [2.75, 3.05) is 5.32 Å². The van der Waals surface area contributed by atoms with Crippen LogP contribution >= 0.6 is 11.6 Å². The summed E-state index contributed by atoms with van der Waals surface area (Å²) in [6, 6.07) is 4.64. The molecule has 8 heteroatoms. The molecule has 0 aromatic heterocycles. The predicted octanol–water partition coefficient (Wildman–Crippen LogP) is 5.26. The van der Waals surface area contributed by atoms with Gasteiger partial charge in [-0.15, -0.1) is 0 Å². The number of fused-ring (bicyclic) bond motifs is 1. The third kappa shape index (κ3) is 4.39. The van der Waals surface area contributed by atoms with Crippen molar-refractivity contribution in [2.24, 2.45) is 29.6 Å². The van der Waals surface area contributed by atoms with Gasteiger partial charge in [-0.05, 0) is 61.6 Å². The average molecular weight is 568 g/mol. The standard InChI is InChI=1S/C32H42ClN3O4/c1-17-9-7-10-23(20(17)4)35-30(38)28-32-15-14-25(40-32)26(29(37)34-21-13-12-18(2)22(33)16-21)27(32)31(39)36(28)24-11-6-5-8-19(24)3/h12-17,19-20,23-28H,5-11H2,1-4H3,(H,34,37)(H,35,38)/t17-,19-,20-,23+,24-,25-,26+,27-,28-,32-/m0/s1. The van der Waals surface area contributed by atoms with Crippen LogP contribution < -0.4 is 10.6 Å². The van der Waals surface area contributed by atoms with Crippen molar-refractivity contribution in [3.8, 4) is 0 Å². The lowest BCUT2D eigenvalue weighted by Crippen LogP contribution is -2.60. The first kappa shape index (κ1) is 27.8. The van der Waals surface area contributed by atoms with Crippen LogP contribution in [-0.4, -0.2) is 52.5 Å². The molecule has 3 aliphatic heterocycles. The highest BCUT2D eigenvalue weighted by atomic mass is 35.5. The highest BCUT2D eigenvalue weighted by Gasteiger charge is 2.73. The van der Waals surface area contributed by atoms with Gasteiger partial charge in [0.25, 0.3) is 0 Å². The van der Waals surface area contributed by atoms with Gasteiger partial charge < -0.3 is 20.3 Å². The van der Waals surface area contributed by atoms with E-state index >= 15 is 0 Å². The van der Waals surface area contributed by atoms with Crippen LogP contribution in [0, 0.1) is 36.5 Å². The van der Waals surface area contributed by atoms with Gasteiger partial charge in [-0.25, -0.2) is 0 Å². The van der Waals surface area contributed by atoms with Gasteiger partial charge in [-0.2, -0.15) is 0 Å². The van der Waals surface area contributed by atoms with Crippen LogP contribution in [0.25, 0.3) is 0 Å². The predicted molar refractivity (Wildman–Crippen MR) is 155 cm³/mol. The maximum absolute atomic E-state index is 14.4. The van der Waals surface area contributed by atoms with E-state index in [1.807, 2.05) is 36.1 Å². The van der Waals surface area contributed by atoms with Crippen LogP contribution in [0.3, 0.4) is 0 Å². The molecule has 10 atom stereocenters. The summed E-state index contributed by atoms with van der Waals surface area (Å²) >= 11 is 6.31. The minimum atomic E-state index is -1.14. The molecule has 2 aliphatic carbocycles. The average Bonchev–Trinajstić information content (AvgIpc) is 3.56. The topological polar surface area (TPSA) is 87.7 Å². The van der Waals surface area contributed by atoms with Gasteiger partial charge in [-0.1, -0.05) is 76.3 Å². The molecule has 2 saturated heterocycles. The molecule has 3 heterocycles. The van der Waals surface area contributed by atoms with Crippen molar-refractivity contribution in [2.45, 2.75) is 102 Å². The molecular formula is C32H42ClN3O4. The molecule has 2 N–H and O–H groups in total. The van der Waals surface area contributed by atoms with Crippen LogP contribution in [0.15, 0.2) is 30.4 Å². The van der Waals surface area contributed by atoms with E-state index in [4.69, 9.17) is 16.3 Å². The number of carbonyl (C=O) groups excluding carboxylic acids is 3. The van der Waals surface area contributed by atoms with Gasteiger partial charge in [-0.3, -0.25) is 14.4 Å².